The van der Waals surface area contributed by atoms with Gasteiger partial charge in [-0.2, -0.15) is 0 Å². The van der Waals surface area contributed by atoms with Crippen LogP contribution in [0.5, 0.6) is 5.75 Å². The number of carbonyl (C=O) groups excluding carboxylic acids is 2. The largest absolute Gasteiger partial charge is 0.496 e. The van der Waals surface area contributed by atoms with Crippen molar-refractivity contribution in [1.29, 1.82) is 0 Å². The third-order valence-electron chi connectivity index (χ3n) is 3.40. The van der Waals surface area contributed by atoms with E-state index in [1.807, 2.05) is 31.2 Å². The summed E-state index contributed by atoms with van der Waals surface area (Å²) >= 11 is 5.76. The molecular weight excluding hydrogens is 330 g/mol. The van der Waals surface area contributed by atoms with Crippen molar-refractivity contribution in [2.24, 2.45) is 0 Å². The van der Waals surface area contributed by atoms with Gasteiger partial charge in [-0.25, -0.2) is 4.79 Å². The molecule has 0 aliphatic rings. The van der Waals surface area contributed by atoms with E-state index in [-0.39, 0.29) is 12.6 Å². The van der Waals surface area contributed by atoms with Crippen LogP contribution in [0.3, 0.4) is 0 Å². The van der Waals surface area contributed by atoms with Crippen LogP contribution in [0.4, 0.5) is 0 Å². The minimum Gasteiger partial charge on any atom is -0.496 e. The number of amides is 1. The number of hydrogen-bond donors (Lipinski definition) is 1. The number of para-hydroxylation sites is 1. The van der Waals surface area contributed by atoms with E-state index in [4.69, 9.17) is 21.1 Å². The SMILES string of the molecule is COc1ccccc1C(C)NC(=O)COC(=O)c1ccc(Cl)cc1. The van der Waals surface area contributed by atoms with Crippen molar-refractivity contribution in [3.05, 3.63) is 64.7 Å². The molecule has 1 N–H and O–H groups in total. The zero-order valence-electron chi connectivity index (χ0n) is 13.4. The summed E-state index contributed by atoms with van der Waals surface area (Å²) in [6, 6.07) is 13.4. The molecule has 0 fully saturated rings. The molecule has 0 heterocycles. The minimum atomic E-state index is -0.577. The summed E-state index contributed by atoms with van der Waals surface area (Å²) in [4.78, 5) is 23.8. The zero-order chi connectivity index (χ0) is 17.5. The monoisotopic (exact) mass is 347 g/mol. The van der Waals surface area contributed by atoms with Crippen LogP contribution in [0.15, 0.2) is 48.5 Å². The molecule has 0 aliphatic heterocycles. The molecule has 0 bridgehead atoms. The Morgan fingerprint density at radius 3 is 2.46 bits per heavy atom. The van der Waals surface area contributed by atoms with E-state index in [0.29, 0.717) is 16.3 Å². The number of nitrogens with one attached hydrogen (secondary N) is 1. The molecule has 2 rings (SSSR count). The number of esters is 1. The van der Waals surface area contributed by atoms with E-state index in [9.17, 15) is 9.59 Å². The Morgan fingerprint density at radius 1 is 1.12 bits per heavy atom. The Balaban J connectivity index is 1.88. The molecule has 6 heteroatoms. The van der Waals surface area contributed by atoms with Crippen LogP contribution in [0.2, 0.25) is 5.02 Å². The van der Waals surface area contributed by atoms with Crippen LogP contribution in [0, 0.1) is 0 Å². The predicted octanol–water partition coefficient (Wildman–Crippen LogP) is 3.38. The van der Waals surface area contributed by atoms with Gasteiger partial charge in [0.05, 0.1) is 18.7 Å². The summed E-state index contributed by atoms with van der Waals surface area (Å²) in [7, 11) is 1.57. The number of carbonyl (C=O) groups is 2. The first-order valence-corrected chi connectivity index (χ1v) is 7.74. The third-order valence-corrected chi connectivity index (χ3v) is 3.65. The molecular formula is C18H18ClNO4. The highest BCUT2D eigenvalue weighted by molar-refractivity contribution is 6.30. The first-order valence-electron chi connectivity index (χ1n) is 7.36. The van der Waals surface area contributed by atoms with Gasteiger partial charge in [0.2, 0.25) is 0 Å². The van der Waals surface area contributed by atoms with E-state index < -0.39 is 11.9 Å². The second kappa shape index (κ2) is 8.36. The van der Waals surface area contributed by atoms with Gasteiger partial charge >= 0.3 is 5.97 Å². The van der Waals surface area contributed by atoms with Gasteiger partial charge < -0.3 is 14.8 Å². The summed E-state index contributed by atoms with van der Waals surface area (Å²) in [6.07, 6.45) is 0. The van der Waals surface area contributed by atoms with Crippen LogP contribution in [-0.4, -0.2) is 25.6 Å². The number of benzene rings is 2. The average Bonchev–Trinajstić information content (AvgIpc) is 2.60. The lowest BCUT2D eigenvalue weighted by Crippen LogP contribution is -2.31. The fourth-order valence-electron chi connectivity index (χ4n) is 2.19. The standard InChI is InChI=1S/C18H18ClNO4/c1-12(15-5-3-4-6-16(15)23-2)20-17(21)11-24-18(22)13-7-9-14(19)10-8-13/h3-10,12H,11H2,1-2H3,(H,20,21). The molecule has 1 atom stereocenters. The lowest BCUT2D eigenvalue weighted by molar-refractivity contribution is -0.124. The highest BCUT2D eigenvalue weighted by Gasteiger charge is 2.15. The smallest absolute Gasteiger partial charge is 0.338 e. The second-order valence-electron chi connectivity index (χ2n) is 5.11. The van der Waals surface area contributed by atoms with E-state index >= 15 is 0 Å². The van der Waals surface area contributed by atoms with Gasteiger partial charge in [0, 0.05) is 10.6 Å². The third kappa shape index (κ3) is 4.73. The highest BCUT2D eigenvalue weighted by Crippen LogP contribution is 2.24. The van der Waals surface area contributed by atoms with Gasteiger partial charge in [0.15, 0.2) is 6.61 Å². The van der Waals surface area contributed by atoms with Gasteiger partial charge in [-0.05, 0) is 37.3 Å². The Labute approximate surface area is 145 Å². The molecule has 0 saturated heterocycles. The van der Waals surface area contributed by atoms with E-state index in [1.54, 1.807) is 31.4 Å². The summed E-state index contributed by atoms with van der Waals surface area (Å²) in [5.74, 6) is -0.286. The minimum absolute atomic E-state index is 0.275. The van der Waals surface area contributed by atoms with Gasteiger partial charge in [-0.15, -0.1) is 0 Å². The summed E-state index contributed by atoms with van der Waals surface area (Å²) in [5, 5.41) is 3.29. The molecule has 5 nitrogen and oxygen atoms in total. The van der Waals surface area contributed by atoms with Gasteiger partial charge in [0.25, 0.3) is 5.91 Å². The number of ether oxygens (including phenoxy) is 2. The maximum absolute atomic E-state index is 12.0. The predicted molar refractivity (Wildman–Crippen MR) is 91.3 cm³/mol. The van der Waals surface area contributed by atoms with E-state index in [2.05, 4.69) is 5.32 Å². The molecule has 1 amide bonds. The molecule has 0 saturated carbocycles. The number of halogens is 1. The molecule has 2 aromatic rings. The summed E-state index contributed by atoms with van der Waals surface area (Å²) in [5.41, 5.74) is 1.18. The Bertz CT molecular complexity index is 715. The van der Waals surface area contributed by atoms with Gasteiger partial charge in [-0.1, -0.05) is 29.8 Å². The maximum atomic E-state index is 12.0. The maximum Gasteiger partial charge on any atom is 0.338 e. The van der Waals surface area contributed by atoms with Crippen molar-refractivity contribution in [3.63, 3.8) is 0 Å². The zero-order valence-corrected chi connectivity index (χ0v) is 14.2. The van der Waals surface area contributed by atoms with Crippen LogP contribution in [-0.2, 0) is 9.53 Å². The Morgan fingerprint density at radius 2 is 1.79 bits per heavy atom. The van der Waals surface area contributed by atoms with Crippen LogP contribution >= 0.6 is 11.6 Å². The first kappa shape index (κ1) is 17.8. The topological polar surface area (TPSA) is 64.6 Å². The van der Waals surface area contributed by atoms with E-state index in [1.165, 1.54) is 0 Å². The Kier molecular flexibility index (Phi) is 6.21. The van der Waals surface area contributed by atoms with Gasteiger partial charge in [-0.3, -0.25) is 4.79 Å². The summed E-state index contributed by atoms with van der Waals surface area (Å²) in [6.45, 7) is 1.47. The van der Waals surface area contributed by atoms with Crippen LogP contribution in [0.25, 0.3) is 0 Å². The van der Waals surface area contributed by atoms with Crippen molar-refractivity contribution >= 4 is 23.5 Å². The lowest BCUT2D eigenvalue weighted by atomic mass is 10.1. The van der Waals surface area contributed by atoms with E-state index in [0.717, 1.165) is 5.56 Å². The molecule has 2 aromatic carbocycles. The molecule has 126 valence electrons. The Hall–Kier alpha value is -2.53. The lowest BCUT2D eigenvalue weighted by Gasteiger charge is -2.17. The fraction of sp³-hybridized carbons (Fsp3) is 0.222. The molecule has 0 spiro atoms. The highest BCUT2D eigenvalue weighted by atomic mass is 35.5. The average molecular weight is 348 g/mol. The number of methoxy groups -OCH3 is 1. The molecule has 0 radical (unpaired) electrons. The molecule has 0 aromatic heterocycles. The second-order valence-corrected chi connectivity index (χ2v) is 5.55. The quantitative estimate of drug-likeness (QED) is 0.813. The van der Waals surface area contributed by atoms with Crippen molar-refractivity contribution in [1.82, 2.24) is 5.32 Å². The van der Waals surface area contributed by atoms with Crippen molar-refractivity contribution in [3.8, 4) is 5.75 Å². The van der Waals surface area contributed by atoms with Crippen LogP contribution in [0.1, 0.15) is 28.9 Å². The van der Waals surface area contributed by atoms with Crippen molar-refractivity contribution in [2.75, 3.05) is 13.7 Å². The van der Waals surface area contributed by atoms with Crippen molar-refractivity contribution in [2.45, 2.75) is 13.0 Å². The molecule has 0 aliphatic carbocycles. The van der Waals surface area contributed by atoms with Crippen LogP contribution < -0.4 is 10.1 Å². The van der Waals surface area contributed by atoms with Crippen molar-refractivity contribution < 1.29 is 19.1 Å². The number of rotatable bonds is 6. The first-order chi connectivity index (χ1) is 11.5. The number of hydrogen-bond acceptors (Lipinski definition) is 4. The normalized spacial score (nSPS) is 11.5. The fourth-order valence-corrected chi connectivity index (χ4v) is 2.31. The summed E-state index contributed by atoms with van der Waals surface area (Å²) < 4.78 is 10.3. The molecule has 1 unspecified atom stereocenters. The molecule has 24 heavy (non-hydrogen) atoms. The van der Waals surface area contributed by atoms with Gasteiger partial charge in [0.1, 0.15) is 5.75 Å².